The lowest BCUT2D eigenvalue weighted by Crippen LogP contribution is -2.54. The van der Waals surface area contributed by atoms with Gasteiger partial charge < -0.3 is 14.7 Å². The molecular weight excluding hydrogens is 346 g/mol. The molecule has 1 saturated heterocycles. The molecular formula is C17H16ClN3O4. The van der Waals surface area contributed by atoms with Gasteiger partial charge in [-0.15, -0.1) is 0 Å². The number of rotatable bonds is 4. The van der Waals surface area contributed by atoms with Crippen LogP contribution >= 0.6 is 11.6 Å². The third kappa shape index (κ3) is 3.71. The number of amides is 1. The van der Waals surface area contributed by atoms with Crippen molar-refractivity contribution in [3.05, 3.63) is 53.6 Å². The molecule has 1 aromatic carbocycles. The lowest BCUT2D eigenvalue weighted by molar-refractivity contribution is -0.159. The molecule has 1 amide bonds. The number of aromatic nitrogens is 2. The molecule has 3 rings (SSSR count). The van der Waals surface area contributed by atoms with E-state index in [1.807, 2.05) is 0 Å². The van der Waals surface area contributed by atoms with Crippen molar-refractivity contribution in [2.24, 2.45) is 0 Å². The second-order valence-corrected chi connectivity index (χ2v) is 6.18. The first-order valence-corrected chi connectivity index (χ1v) is 8.11. The monoisotopic (exact) mass is 361 g/mol. The summed E-state index contributed by atoms with van der Waals surface area (Å²) in [5.74, 6) is -0.855. The van der Waals surface area contributed by atoms with E-state index >= 15 is 0 Å². The zero-order chi connectivity index (χ0) is 17.9. The fourth-order valence-corrected chi connectivity index (χ4v) is 2.86. The minimum absolute atomic E-state index is 0.182. The molecule has 0 spiro atoms. The Morgan fingerprint density at radius 2 is 1.84 bits per heavy atom. The Hall–Kier alpha value is -2.67. The highest BCUT2D eigenvalue weighted by Crippen LogP contribution is 2.30. The van der Waals surface area contributed by atoms with Gasteiger partial charge in [0.1, 0.15) is 17.8 Å². The molecule has 0 radical (unpaired) electrons. The molecule has 0 aliphatic carbocycles. The Bertz CT molecular complexity index is 759. The summed E-state index contributed by atoms with van der Waals surface area (Å²) in [6.45, 7) is 0.533. The molecule has 1 fully saturated rings. The third-order valence-electron chi connectivity index (χ3n) is 4.18. The lowest BCUT2D eigenvalue weighted by atomic mass is 9.91. The number of hydrogen-bond donors (Lipinski definition) is 1. The number of benzene rings is 1. The summed E-state index contributed by atoms with van der Waals surface area (Å²) in [5, 5.41) is 10.2. The first kappa shape index (κ1) is 17.2. The van der Waals surface area contributed by atoms with E-state index < -0.39 is 11.6 Å². The first-order chi connectivity index (χ1) is 12.0. The number of ether oxygens (including phenoxy) is 1. The van der Waals surface area contributed by atoms with Gasteiger partial charge in [-0.25, -0.2) is 14.8 Å². The summed E-state index contributed by atoms with van der Waals surface area (Å²) < 4.78 is 5.77. The number of halogens is 1. The fraction of sp³-hybridized carbons (Fsp3) is 0.294. The van der Waals surface area contributed by atoms with Crippen LogP contribution in [-0.4, -0.2) is 50.5 Å². The maximum absolute atomic E-state index is 12.4. The van der Waals surface area contributed by atoms with Crippen molar-refractivity contribution >= 4 is 23.5 Å². The van der Waals surface area contributed by atoms with Crippen LogP contribution in [0.4, 0.5) is 0 Å². The van der Waals surface area contributed by atoms with Crippen LogP contribution in [0.15, 0.2) is 42.9 Å². The number of likely N-dealkylation sites (tertiary alicyclic amines) is 1. The molecule has 7 nitrogen and oxygen atoms in total. The second kappa shape index (κ2) is 7.06. The quantitative estimate of drug-likeness (QED) is 0.898. The smallest absolute Gasteiger partial charge is 0.348 e. The summed E-state index contributed by atoms with van der Waals surface area (Å²) in [6.07, 6.45) is 3.17. The summed E-state index contributed by atoms with van der Waals surface area (Å²) in [4.78, 5) is 33.5. The number of hydrogen-bond acceptors (Lipinski definition) is 5. The molecule has 1 aliphatic heterocycles. The van der Waals surface area contributed by atoms with E-state index in [9.17, 15) is 14.7 Å². The van der Waals surface area contributed by atoms with E-state index in [2.05, 4.69) is 9.97 Å². The number of carbonyl (C=O) groups is 2. The molecule has 2 aromatic rings. The van der Waals surface area contributed by atoms with Crippen molar-refractivity contribution in [3.63, 3.8) is 0 Å². The average Bonchev–Trinajstić information content (AvgIpc) is 2.64. The van der Waals surface area contributed by atoms with Crippen LogP contribution < -0.4 is 4.74 Å². The van der Waals surface area contributed by atoms with Gasteiger partial charge in [0.25, 0.3) is 5.91 Å². The molecule has 130 valence electrons. The van der Waals surface area contributed by atoms with E-state index in [-0.39, 0.29) is 37.5 Å². The molecule has 1 aliphatic rings. The van der Waals surface area contributed by atoms with E-state index in [0.717, 1.165) is 0 Å². The zero-order valence-electron chi connectivity index (χ0n) is 13.3. The van der Waals surface area contributed by atoms with Gasteiger partial charge in [-0.1, -0.05) is 11.6 Å². The van der Waals surface area contributed by atoms with Gasteiger partial charge in [0, 0.05) is 37.2 Å². The largest absolute Gasteiger partial charge is 0.478 e. The van der Waals surface area contributed by atoms with Crippen LogP contribution in [0.25, 0.3) is 0 Å². The molecule has 25 heavy (non-hydrogen) atoms. The molecule has 0 bridgehead atoms. The van der Waals surface area contributed by atoms with Crippen LogP contribution in [0, 0.1) is 0 Å². The van der Waals surface area contributed by atoms with Gasteiger partial charge >= 0.3 is 5.97 Å². The molecule has 1 N–H and O–H groups in total. The molecule has 0 saturated carbocycles. The van der Waals surface area contributed by atoms with Crippen molar-refractivity contribution in [1.29, 1.82) is 0 Å². The van der Waals surface area contributed by atoms with Crippen LogP contribution in [-0.2, 0) is 4.79 Å². The predicted molar refractivity (Wildman–Crippen MR) is 89.6 cm³/mol. The summed E-state index contributed by atoms with van der Waals surface area (Å²) in [6, 6.07) is 8.07. The van der Waals surface area contributed by atoms with E-state index in [1.54, 1.807) is 29.2 Å². The fourth-order valence-electron chi connectivity index (χ4n) is 2.74. The SMILES string of the molecule is O=C(c1ccncn1)N1CCC(Oc2ccc(Cl)cc2)(C(=O)O)CC1. The van der Waals surface area contributed by atoms with E-state index in [1.165, 1.54) is 18.6 Å². The van der Waals surface area contributed by atoms with Crippen molar-refractivity contribution < 1.29 is 19.4 Å². The van der Waals surface area contributed by atoms with Gasteiger partial charge in [0.2, 0.25) is 5.60 Å². The van der Waals surface area contributed by atoms with Crippen molar-refractivity contribution in [2.75, 3.05) is 13.1 Å². The van der Waals surface area contributed by atoms with Crippen LogP contribution in [0.1, 0.15) is 23.3 Å². The highest BCUT2D eigenvalue weighted by Gasteiger charge is 2.45. The van der Waals surface area contributed by atoms with Crippen molar-refractivity contribution in [3.8, 4) is 5.75 Å². The number of carboxylic acid groups (broad SMARTS) is 1. The lowest BCUT2D eigenvalue weighted by Gasteiger charge is -2.38. The Balaban J connectivity index is 1.71. The molecule has 1 aromatic heterocycles. The summed E-state index contributed by atoms with van der Waals surface area (Å²) in [7, 11) is 0. The topological polar surface area (TPSA) is 92.6 Å². The summed E-state index contributed by atoms with van der Waals surface area (Å²) >= 11 is 5.84. The standard InChI is InChI=1S/C17H16ClN3O4/c18-12-1-3-13(4-2-12)25-17(16(23)24)6-9-21(10-7-17)15(22)14-5-8-19-11-20-14/h1-5,8,11H,6-7,9-10H2,(H,23,24). The number of carboxylic acids is 1. The number of nitrogens with zero attached hydrogens (tertiary/aromatic N) is 3. The van der Waals surface area contributed by atoms with Crippen LogP contribution in [0.2, 0.25) is 5.02 Å². The molecule has 0 atom stereocenters. The van der Waals surface area contributed by atoms with Gasteiger partial charge in [-0.05, 0) is 30.3 Å². The highest BCUT2D eigenvalue weighted by molar-refractivity contribution is 6.30. The van der Waals surface area contributed by atoms with E-state index in [4.69, 9.17) is 16.3 Å². The number of piperidine rings is 1. The minimum atomic E-state index is -1.36. The maximum Gasteiger partial charge on any atom is 0.348 e. The Morgan fingerprint density at radius 1 is 1.16 bits per heavy atom. The number of carbonyl (C=O) groups excluding carboxylic acids is 1. The highest BCUT2D eigenvalue weighted by atomic mass is 35.5. The van der Waals surface area contributed by atoms with Crippen molar-refractivity contribution in [1.82, 2.24) is 14.9 Å². The van der Waals surface area contributed by atoms with Gasteiger partial charge in [-0.2, -0.15) is 0 Å². The van der Waals surface area contributed by atoms with Gasteiger partial charge in [0.05, 0.1) is 0 Å². The molecule has 2 heterocycles. The Labute approximate surface area is 149 Å². The third-order valence-corrected chi connectivity index (χ3v) is 4.43. The maximum atomic E-state index is 12.4. The Kier molecular flexibility index (Phi) is 4.85. The van der Waals surface area contributed by atoms with Crippen LogP contribution in [0.5, 0.6) is 5.75 Å². The molecule has 8 heteroatoms. The van der Waals surface area contributed by atoms with Crippen LogP contribution in [0.3, 0.4) is 0 Å². The number of aliphatic carboxylic acids is 1. The second-order valence-electron chi connectivity index (χ2n) is 5.74. The van der Waals surface area contributed by atoms with Crippen molar-refractivity contribution in [2.45, 2.75) is 18.4 Å². The van der Waals surface area contributed by atoms with E-state index in [0.29, 0.717) is 10.8 Å². The first-order valence-electron chi connectivity index (χ1n) is 7.73. The van der Waals surface area contributed by atoms with Gasteiger partial charge in [0.15, 0.2) is 0 Å². The average molecular weight is 362 g/mol. The van der Waals surface area contributed by atoms with Gasteiger partial charge in [-0.3, -0.25) is 4.79 Å². The zero-order valence-corrected chi connectivity index (χ0v) is 14.0. The summed E-state index contributed by atoms with van der Waals surface area (Å²) in [5.41, 5.74) is -1.08. The minimum Gasteiger partial charge on any atom is -0.478 e. The predicted octanol–water partition coefficient (Wildman–Crippen LogP) is 2.27. The molecule has 0 unspecified atom stereocenters. The Morgan fingerprint density at radius 3 is 2.40 bits per heavy atom. The normalized spacial score (nSPS) is 16.3.